The number of hydrogen-bond acceptors (Lipinski definition) is 2. The van der Waals surface area contributed by atoms with E-state index in [0.29, 0.717) is 22.5 Å². The Morgan fingerprint density at radius 1 is 1.32 bits per heavy atom. The van der Waals surface area contributed by atoms with Gasteiger partial charge in [-0.3, -0.25) is 0 Å². The van der Waals surface area contributed by atoms with Gasteiger partial charge in [0.25, 0.3) is 0 Å². The molecule has 0 saturated carbocycles. The fourth-order valence-corrected chi connectivity index (χ4v) is 2.69. The first kappa shape index (κ1) is 14.4. The molecular formula is C14H17Cl2N3. The number of nitrogens with two attached hydrogens (primary N) is 1. The van der Waals surface area contributed by atoms with Crippen molar-refractivity contribution in [3.8, 4) is 5.69 Å². The molecule has 1 aromatic carbocycles. The number of nitrogens with zero attached hydrogens (tertiary/aromatic N) is 2. The summed E-state index contributed by atoms with van der Waals surface area (Å²) in [6.07, 6.45) is 3.61. The highest BCUT2D eigenvalue weighted by Crippen LogP contribution is 2.29. The molecule has 0 aliphatic carbocycles. The SMILES string of the molecule is CC(C)C(CN)c1cncn1-c1ccc(Cl)cc1Cl. The van der Waals surface area contributed by atoms with Gasteiger partial charge in [0.05, 0.1) is 17.0 Å². The van der Waals surface area contributed by atoms with Gasteiger partial charge >= 0.3 is 0 Å². The third kappa shape index (κ3) is 2.94. The van der Waals surface area contributed by atoms with Crippen molar-refractivity contribution >= 4 is 23.2 Å². The summed E-state index contributed by atoms with van der Waals surface area (Å²) in [7, 11) is 0. The van der Waals surface area contributed by atoms with Gasteiger partial charge < -0.3 is 10.3 Å². The molecule has 19 heavy (non-hydrogen) atoms. The summed E-state index contributed by atoms with van der Waals surface area (Å²) in [5.74, 6) is 0.681. The van der Waals surface area contributed by atoms with Crippen LogP contribution in [0.15, 0.2) is 30.7 Å². The predicted molar refractivity (Wildman–Crippen MR) is 80.2 cm³/mol. The van der Waals surface area contributed by atoms with Crippen LogP contribution in [0, 0.1) is 5.92 Å². The molecule has 1 heterocycles. The average molecular weight is 298 g/mol. The molecule has 0 aliphatic rings. The minimum Gasteiger partial charge on any atom is -0.330 e. The zero-order chi connectivity index (χ0) is 14.0. The Morgan fingerprint density at radius 2 is 2.05 bits per heavy atom. The van der Waals surface area contributed by atoms with Crippen LogP contribution in [0.25, 0.3) is 5.69 Å². The lowest BCUT2D eigenvalue weighted by Gasteiger charge is -2.21. The quantitative estimate of drug-likeness (QED) is 0.931. The Labute approximate surface area is 123 Å². The number of halogens is 2. The number of rotatable bonds is 4. The topological polar surface area (TPSA) is 43.8 Å². The molecule has 0 spiro atoms. The number of aromatic nitrogens is 2. The van der Waals surface area contributed by atoms with Crippen LogP contribution >= 0.6 is 23.2 Å². The summed E-state index contributed by atoms with van der Waals surface area (Å²) in [5.41, 5.74) is 7.82. The van der Waals surface area contributed by atoms with Crippen molar-refractivity contribution in [2.24, 2.45) is 11.7 Å². The summed E-state index contributed by atoms with van der Waals surface area (Å²) in [4.78, 5) is 4.23. The Bertz CT molecular complexity index is 564. The van der Waals surface area contributed by atoms with E-state index in [1.54, 1.807) is 12.4 Å². The standard InChI is InChI=1S/C14H17Cl2N3/c1-9(2)11(6-17)14-7-18-8-19(14)13-4-3-10(15)5-12(13)16/h3-5,7-9,11H,6,17H2,1-2H3. The molecule has 1 aromatic heterocycles. The summed E-state index contributed by atoms with van der Waals surface area (Å²) in [6.45, 7) is 4.88. The second-order valence-corrected chi connectivity index (χ2v) is 5.71. The molecule has 5 heteroatoms. The van der Waals surface area contributed by atoms with Crippen LogP contribution in [0.2, 0.25) is 10.0 Å². The van der Waals surface area contributed by atoms with Crippen molar-refractivity contribution < 1.29 is 0 Å². The van der Waals surface area contributed by atoms with Crippen molar-refractivity contribution in [3.05, 3.63) is 46.5 Å². The summed E-state index contributed by atoms with van der Waals surface area (Å²) < 4.78 is 1.98. The molecule has 3 nitrogen and oxygen atoms in total. The second kappa shape index (κ2) is 5.95. The zero-order valence-electron chi connectivity index (χ0n) is 11.0. The van der Waals surface area contributed by atoms with Gasteiger partial charge in [0, 0.05) is 29.4 Å². The fraction of sp³-hybridized carbons (Fsp3) is 0.357. The van der Waals surface area contributed by atoms with Gasteiger partial charge in [-0.2, -0.15) is 0 Å². The van der Waals surface area contributed by atoms with E-state index in [0.717, 1.165) is 11.4 Å². The molecule has 102 valence electrons. The van der Waals surface area contributed by atoms with E-state index in [1.807, 2.05) is 22.9 Å². The molecule has 0 amide bonds. The van der Waals surface area contributed by atoms with Crippen molar-refractivity contribution in [2.45, 2.75) is 19.8 Å². The maximum absolute atomic E-state index is 6.26. The van der Waals surface area contributed by atoms with Crippen LogP contribution < -0.4 is 5.73 Å². The van der Waals surface area contributed by atoms with Crippen molar-refractivity contribution in [1.82, 2.24) is 9.55 Å². The molecule has 2 N–H and O–H groups in total. The van der Waals surface area contributed by atoms with Crippen LogP contribution in [-0.2, 0) is 0 Å². The van der Waals surface area contributed by atoms with Gasteiger partial charge in [-0.15, -0.1) is 0 Å². The molecular weight excluding hydrogens is 281 g/mol. The molecule has 0 bridgehead atoms. The second-order valence-electron chi connectivity index (χ2n) is 4.87. The number of benzene rings is 1. The van der Waals surface area contributed by atoms with Gasteiger partial charge in [0.15, 0.2) is 0 Å². The van der Waals surface area contributed by atoms with Crippen molar-refractivity contribution in [3.63, 3.8) is 0 Å². The van der Waals surface area contributed by atoms with Crippen LogP contribution in [0.3, 0.4) is 0 Å². The van der Waals surface area contributed by atoms with E-state index < -0.39 is 0 Å². The van der Waals surface area contributed by atoms with E-state index in [9.17, 15) is 0 Å². The third-order valence-corrected chi connectivity index (χ3v) is 3.81. The Hall–Kier alpha value is -1.03. The molecule has 0 aliphatic heterocycles. The summed E-state index contributed by atoms with van der Waals surface area (Å²) in [5, 5.41) is 1.22. The highest BCUT2D eigenvalue weighted by molar-refractivity contribution is 6.35. The van der Waals surface area contributed by atoms with Gasteiger partial charge in [-0.1, -0.05) is 37.0 Å². The lowest BCUT2D eigenvalue weighted by Crippen LogP contribution is -2.20. The number of hydrogen-bond donors (Lipinski definition) is 1. The molecule has 0 fully saturated rings. The van der Waals surface area contributed by atoms with Crippen LogP contribution in [-0.4, -0.2) is 16.1 Å². The van der Waals surface area contributed by atoms with E-state index >= 15 is 0 Å². The first-order valence-electron chi connectivity index (χ1n) is 6.22. The number of imidazole rings is 1. The van der Waals surface area contributed by atoms with Gasteiger partial charge in [0.1, 0.15) is 0 Å². The molecule has 1 atom stereocenters. The van der Waals surface area contributed by atoms with Crippen molar-refractivity contribution in [1.29, 1.82) is 0 Å². The van der Waals surface area contributed by atoms with E-state index in [1.165, 1.54) is 0 Å². The molecule has 2 rings (SSSR count). The Kier molecular flexibility index (Phi) is 4.50. The predicted octanol–water partition coefficient (Wildman–Crippen LogP) is 3.88. The van der Waals surface area contributed by atoms with E-state index in [-0.39, 0.29) is 5.92 Å². The van der Waals surface area contributed by atoms with Crippen LogP contribution in [0.1, 0.15) is 25.5 Å². The van der Waals surface area contributed by atoms with Crippen LogP contribution in [0.5, 0.6) is 0 Å². The normalized spacial score (nSPS) is 12.9. The lowest BCUT2D eigenvalue weighted by molar-refractivity contribution is 0.490. The molecule has 0 saturated heterocycles. The Balaban J connectivity index is 2.49. The largest absolute Gasteiger partial charge is 0.330 e. The minimum atomic E-state index is 0.245. The zero-order valence-corrected chi connectivity index (χ0v) is 12.5. The van der Waals surface area contributed by atoms with Gasteiger partial charge in [0.2, 0.25) is 0 Å². The van der Waals surface area contributed by atoms with Gasteiger partial charge in [-0.25, -0.2) is 4.98 Å². The highest BCUT2D eigenvalue weighted by atomic mass is 35.5. The lowest BCUT2D eigenvalue weighted by atomic mass is 9.93. The summed E-state index contributed by atoms with van der Waals surface area (Å²) in [6, 6.07) is 5.44. The Morgan fingerprint density at radius 3 is 2.63 bits per heavy atom. The smallest absolute Gasteiger partial charge is 0.0994 e. The molecule has 1 unspecified atom stereocenters. The van der Waals surface area contributed by atoms with Gasteiger partial charge in [-0.05, 0) is 24.1 Å². The molecule has 0 radical (unpaired) electrons. The highest BCUT2D eigenvalue weighted by Gasteiger charge is 2.19. The third-order valence-electron chi connectivity index (χ3n) is 3.27. The fourth-order valence-electron chi connectivity index (χ4n) is 2.19. The maximum atomic E-state index is 6.26. The summed E-state index contributed by atoms with van der Waals surface area (Å²) >= 11 is 12.2. The van der Waals surface area contributed by atoms with Crippen LogP contribution in [0.4, 0.5) is 0 Å². The molecule has 2 aromatic rings. The maximum Gasteiger partial charge on any atom is 0.0994 e. The first-order chi connectivity index (χ1) is 9.04. The first-order valence-corrected chi connectivity index (χ1v) is 6.98. The van der Waals surface area contributed by atoms with E-state index in [4.69, 9.17) is 28.9 Å². The van der Waals surface area contributed by atoms with E-state index in [2.05, 4.69) is 18.8 Å². The monoisotopic (exact) mass is 297 g/mol. The minimum absolute atomic E-state index is 0.245. The average Bonchev–Trinajstić information content (AvgIpc) is 2.78. The van der Waals surface area contributed by atoms with Crippen molar-refractivity contribution in [2.75, 3.05) is 6.54 Å².